The van der Waals surface area contributed by atoms with E-state index in [4.69, 9.17) is 0 Å². The van der Waals surface area contributed by atoms with Crippen molar-refractivity contribution in [2.24, 2.45) is 5.92 Å². The first-order valence-corrected chi connectivity index (χ1v) is 6.51. The van der Waals surface area contributed by atoms with Gasteiger partial charge in [0.25, 0.3) is 5.91 Å². The first-order chi connectivity index (χ1) is 9.13. The highest BCUT2D eigenvalue weighted by atomic mass is 35.5. The highest BCUT2D eigenvalue weighted by Crippen LogP contribution is 2.21. The third kappa shape index (κ3) is 3.67. The molecule has 1 heterocycles. The molecule has 1 saturated heterocycles. The van der Waals surface area contributed by atoms with Crippen LogP contribution in [0, 0.1) is 17.6 Å². The normalized spacial score (nSPS) is 15.8. The fourth-order valence-electron chi connectivity index (χ4n) is 2.49. The molecule has 0 aliphatic carbocycles. The minimum Gasteiger partial charge on any atom is -0.338 e. The number of carbonyl (C=O) groups excluding carboxylic acids is 1. The molecule has 0 spiro atoms. The molecule has 0 aromatic heterocycles. The highest BCUT2D eigenvalue weighted by Gasteiger charge is 2.26. The number of likely N-dealkylation sites (tertiary alicyclic amines) is 1. The van der Waals surface area contributed by atoms with Gasteiger partial charge in [-0.1, -0.05) is 6.07 Å². The molecule has 1 aromatic carbocycles. The number of nitrogens with one attached hydrogen (secondary N) is 1. The molecule has 1 aliphatic heterocycles. The number of halogens is 3. The zero-order valence-corrected chi connectivity index (χ0v) is 12.2. The molecule has 0 atom stereocenters. The van der Waals surface area contributed by atoms with Gasteiger partial charge in [-0.05, 0) is 44.5 Å². The zero-order chi connectivity index (χ0) is 13.8. The summed E-state index contributed by atoms with van der Waals surface area (Å²) in [6, 6.07) is 3.49. The van der Waals surface area contributed by atoms with Gasteiger partial charge in [0.15, 0.2) is 0 Å². The number of hydrogen-bond acceptors (Lipinski definition) is 2. The molecule has 0 radical (unpaired) electrons. The molecule has 1 amide bonds. The molecule has 0 bridgehead atoms. The lowest BCUT2D eigenvalue weighted by Gasteiger charge is -2.32. The standard InChI is InChI=1S/C14H18F2N2O.ClH/c1-17-9-10-5-7-18(8-6-10)14(19)13-11(15)3-2-4-12(13)16;/h2-4,10,17H,5-9H2,1H3;1H. The molecule has 20 heavy (non-hydrogen) atoms. The molecular formula is C14H19ClF2N2O. The summed E-state index contributed by atoms with van der Waals surface area (Å²) >= 11 is 0. The van der Waals surface area contributed by atoms with Crippen molar-refractivity contribution in [1.82, 2.24) is 10.2 Å². The largest absolute Gasteiger partial charge is 0.338 e. The topological polar surface area (TPSA) is 32.3 Å². The minimum absolute atomic E-state index is 0. The monoisotopic (exact) mass is 304 g/mol. The van der Waals surface area contributed by atoms with Crippen molar-refractivity contribution in [3.05, 3.63) is 35.4 Å². The number of nitrogens with zero attached hydrogens (tertiary/aromatic N) is 1. The van der Waals surface area contributed by atoms with Crippen LogP contribution in [-0.4, -0.2) is 37.5 Å². The molecule has 0 unspecified atom stereocenters. The molecule has 1 fully saturated rings. The Kier molecular flexibility index (Phi) is 6.36. The Labute approximate surface area is 123 Å². The fraction of sp³-hybridized carbons (Fsp3) is 0.500. The van der Waals surface area contributed by atoms with Crippen molar-refractivity contribution in [1.29, 1.82) is 0 Å². The van der Waals surface area contributed by atoms with E-state index in [1.54, 1.807) is 0 Å². The summed E-state index contributed by atoms with van der Waals surface area (Å²) in [7, 11) is 1.90. The number of amides is 1. The van der Waals surface area contributed by atoms with Gasteiger partial charge in [0.1, 0.15) is 17.2 Å². The molecule has 1 aliphatic rings. The van der Waals surface area contributed by atoms with Gasteiger partial charge in [0.2, 0.25) is 0 Å². The van der Waals surface area contributed by atoms with Crippen LogP contribution in [0.1, 0.15) is 23.2 Å². The molecule has 112 valence electrons. The van der Waals surface area contributed by atoms with Gasteiger partial charge < -0.3 is 10.2 Å². The van der Waals surface area contributed by atoms with Crippen LogP contribution in [0.2, 0.25) is 0 Å². The Morgan fingerprint density at radius 2 is 1.85 bits per heavy atom. The molecule has 1 N–H and O–H groups in total. The number of carbonyl (C=O) groups is 1. The van der Waals surface area contributed by atoms with E-state index in [2.05, 4.69) is 5.32 Å². The number of rotatable bonds is 3. The predicted octanol–water partition coefficient (Wildman–Crippen LogP) is 2.46. The third-order valence-electron chi connectivity index (χ3n) is 3.57. The Morgan fingerprint density at radius 3 is 2.35 bits per heavy atom. The summed E-state index contributed by atoms with van der Waals surface area (Å²) in [4.78, 5) is 13.7. The van der Waals surface area contributed by atoms with Gasteiger partial charge in [-0.3, -0.25) is 4.79 Å². The maximum atomic E-state index is 13.6. The van der Waals surface area contributed by atoms with Crippen LogP contribution in [-0.2, 0) is 0 Å². The molecule has 6 heteroatoms. The average Bonchev–Trinajstić information content (AvgIpc) is 2.39. The van der Waals surface area contributed by atoms with Gasteiger partial charge in [-0.25, -0.2) is 8.78 Å². The molecule has 0 saturated carbocycles. The van der Waals surface area contributed by atoms with Gasteiger partial charge in [-0.15, -0.1) is 12.4 Å². The van der Waals surface area contributed by atoms with Crippen molar-refractivity contribution in [3.63, 3.8) is 0 Å². The number of benzene rings is 1. The van der Waals surface area contributed by atoms with E-state index < -0.39 is 23.1 Å². The SMILES string of the molecule is CNCC1CCN(C(=O)c2c(F)cccc2F)CC1.Cl. The summed E-state index contributed by atoms with van der Waals surface area (Å²) in [5.74, 6) is -1.59. The molecule has 3 nitrogen and oxygen atoms in total. The molecular weight excluding hydrogens is 286 g/mol. The van der Waals surface area contributed by atoms with E-state index in [1.165, 1.54) is 11.0 Å². The minimum atomic E-state index is -0.789. The first-order valence-electron chi connectivity index (χ1n) is 6.51. The third-order valence-corrected chi connectivity index (χ3v) is 3.57. The van der Waals surface area contributed by atoms with Gasteiger partial charge in [0, 0.05) is 13.1 Å². The maximum Gasteiger partial charge on any atom is 0.259 e. The Morgan fingerprint density at radius 1 is 1.30 bits per heavy atom. The van der Waals surface area contributed by atoms with Crippen LogP contribution < -0.4 is 5.32 Å². The zero-order valence-electron chi connectivity index (χ0n) is 11.4. The summed E-state index contributed by atoms with van der Waals surface area (Å²) in [5, 5.41) is 3.11. The Bertz CT molecular complexity index is 442. The summed E-state index contributed by atoms with van der Waals surface area (Å²) in [6.45, 7) is 2.02. The fourth-order valence-corrected chi connectivity index (χ4v) is 2.49. The predicted molar refractivity (Wildman–Crippen MR) is 76.2 cm³/mol. The lowest BCUT2D eigenvalue weighted by molar-refractivity contribution is 0.0681. The van der Waals surface area contributed by atoms with Crippen LogP contribution in [0.4, 0.5) is 8.78 Å². The van der Waals surface area contributed by atoms with Crippen LogP contribution in [0.5, 0.6) is 0 Å². The summed E-state index contributed by atoms with van der Waals surface area (Å²) < 4.78 is 27.1. The molecule has 1 aromatic rings. The van der Waals surface area contributed by atoms with Crippen molar-refractivity contribution in [2.75, 3.05) is 26.7 Å². The van der Waals surface area contributed by atoms with Crippen LogP contribution >= 0.6 is 12.4 Å². The molecule has 2 rings (SSSR count). The van der Waals surface area contributed by atoms with Crippen molar-refractivity contribution in [3.8, 4) is 0 Å². The lowest BCUT2D eigenvalue weighted by Crippen LogP contribution is -2.41. The van der Waals surface area contributed by atoms with E-state index in [-0.39, 0.29) is 12.4 Å². The van der Waals surface area contributed by atoms with E-state index in [0.29, 0.717) is 19.0 Å². The van der Waals surface area contributed by atoms with Crippen molar-refractivity contribution >= 4 is 18.3 Å². The first kappa shape index (κ1) is 16.9. The van der Waals surface area contributed by atoms with Crippen LogP contribution in [0.15, 0.2) is 18.2 Å². The van der Waals surface area contributed by atoms with Crippen molar-refractivity contribution < 1.29 is 13.6 Å². The highest BCUT2D eigenvalue weighted by molar-refractivity contribution is 5.94. The van der Waals surface area contributed by atoms with Gasteiger partial charge in [-0.2, -0.15) is 0 Å². The second kappa shape index (κ2) is 7.55. The lowest BCUT2D eigenvalue weighted by atomic mass is 9.96. The quantitative estimate of drug-likeness (QED) is 0.930. The summed E-state index contributed by atoms with van der Waals surface area (Å²) in [6.07, 6.45) is 1.73. The van der Waals surface area contributed by atoms with E-state index in [0.717, 1.165) is 31.5 Å². The van der Waals surface area contributed by atoms with E-state index in [9.17, 15) is 13.6 Å². The Balaban J connectivity index is 0.00000200. The van der Waals surface area contributed by atoms with Crippen LogP contribution in [0.25, 0.3) is 0 Å². The van der Waals surface area contributed by atoms with Crippen LogP contribution in [0.3, 0.4) is 0 Å². The van der Waals surface area contributed by atoms with Gasteiger partial charge in [0.05, 0.1) is 0 Å². The average molecular weight is 305 g/mol. The van der Waals surface area contributed by atoms with E-state index in [1.807, 2.05) is 7.05 Å². The maximum absolute atomic E-state index is 13.6. The Hall–Kier alpha value is -1.20. The summed E-state index contributed by atoms with van der Waals surface area (Å²) in [5.41, 5.74) is -0.436. The van der Waals surface area contributed by atoms with E-state index >= 15 is 0 Å². The second-order valence-electron chi connectivity index (χ2n) is 4.89. The number of piperidine rings is 1. The second-order valence-corrected chi connectivity index (χ2v) is 4.89. The van der Waals surface area contributed by atoms with Crippen molar-refractivity contribution in [2.45, 2.75) is 12.8 Å². The van der Waals surface area contributed by atoms with Gasteiger partial charge >= 0.3 is 0 Å². The number of hydrogen-bond donors (Lipinski definition) is 1. The smallest absolute Gasteiger partial charge is 0.259 e.